The molecule has 2 aliphatic heterocycles. The fourth-order valence-corrected chi connectivity index (χ4v) is 3.67. The number of carbonyl (C=O) groups is 3. The van der Waals surface area contributed by atoms with Gasteiger partial charge < -0.3 is 15.4 Å². The Morgan fingerprint density at radius 3 is 2.54 bits per heavy atom. The zero-order valence-corrected chi connectivity index (χ0v) is 15.7. The second-order valence-electron chi connectivity index (χ2n) is 7.94. The summed E-state index contributed by atoms with van der Waals surface area (Å²) in [5.74, 6) is -6.41. The topological polar surface area (TPSA) is 92.9 Å². The minimum Gasteiger partial charge on any atom is -0.445 e. The van der Waals surface area contributed by atoms with Gasteiger partial charge in [-0.25, -0.2) is 13.6 Å². The number of benzene rings is 1. The third-order valence-corrected chi connectivity index (χ3v) is 5.30. The molecule has 0 aromatic heterocycles. The van der Waals surface area contributed by atoms with E-state index in [0.29, 0.717) is 0 Å². The van der Waals surface area contributed by atoms with E-state index in [2.05, 4.69) is 0 Å². The van der Waals surface area contributed by atoms with Gasteiger partial charge in [0, 0.05) is 13.1 Å². The third kappa shape index (κ3) is 3.65. The summed E-state index contributed by atoms with van der Waals surface area (Å²) in [6.07, 6.45) is -0.889. The molecule has 0 saturated carbocycles. The Morgan fingerprint density at radius 2 is 1.93 bits per heavy atom. The van der Waals surface area contributed by atoms with Gasteiger partial charge in [0.25, 0.3) is 5.92 Å². The number of amides is 3. The third-order valence-electron chi connectivity index (χ3n) is 5.30. The number of fused-ring (bicyclic) bond motifs is 1. The molecule has 3 amide bonds. The van der Waals surface area contributed by atoms with Crippen LogP contribution in [0.3, 0.4) is 0 Å². The molecule has 2 aliphatic rings. The van der Waals surface area contributed by atoms with Gasteiger partial charge in [0.15, 0.2) is 0 Å². The molecule has 1 aromatic rings. The first kappa shape index (κ1) is 20.0. The first-order valence-electron chi connectivity index (χ1n) is 8.97. The minimum absolute atomic E-state index is 0.0501. The molecule has 3 rings (SSSR count). The fraction of sp³-hybridized carbons (Fsp3) is 0.526. The molecule has 152 valence electrons. The van der Waals surface area contributed by atoms with E-state index < -0.39 is 47.7 Å². The standard InChI is InChI=1S/C19H23F2N3O4/c1-18(2,16(22)26)10-23-8-13-14(15(23)25)19(20,21)11-24(13)17(27)28-9-12-6-4-3-5-7-12/h3-7,13-14H,8-11H2,1-2H3,(H2,22,26)/t13-,14-/m0/s1. The second-order valence-corrected chi connectivity index (χ2v) is 7.94. The lowest BCUT2D eigenvalue weighted by Gasteiger charge is -2.29. The van der Waals surface area contributed by atoms with Gasteiger partial charge in [-0.05, 0) is 19.4 Å². The molecule has 0 spiro atoms. The highest BCUT2D eigenvalue weighted by molar-refractivity contribution is 5.87. The molecule has 0 radical (unpaired) electrons. The van der Waals surface area contributed by atoms with E-state index in [1.165, 1.54) is 4.90 Å². The number of likely N-dealkylation sites (tertiary alicyclic amines) is 2. The van der Waals surface area contributed by atoms with Crippen molar-refractivity contribution in [3.63, 3.8) is 0 Å². The average Bonchev–Trinajstić information content (AvgIpc) is 3.08. The average molecular weight is 395 g/mol. The zero-order chi connectivity index (χ0) is 20.7. The molecular weight excluding hydrogens is 372 g/mol. The number of hydrogen-bond donors (Lipinski definition) is 1. The molecule has 2 heterocycles. The molecule has 0 aliphatic carbocycles. The lowest BCUT2D eigenvalue weighted by Crippen LogP contribution is -2.46. The molecule has 2 N–H and O–H groups in total. The SMILES string of the molecule is CC(C)(CN1C[C@H]2[C@@H](C1=O)C(F)(F)CN2C(=O)OCc1ccccc1)C(N)=O. The second kappa shape index (κ2) is 7.03. The van der Waals surface area contributed by atoms with Crippen LogP contribution in [-0.4, -0.2) is 59.3 Å². The van der Waals surface area contributed by atoms with Crippen molar-refractivity contribution in [3.05, 3.63) is 35.9 Å². The van der Waals surface area contributed by atoms with Crippen LogP contribution in [0.4, 0.5) is 13.6 Å². The van der Waals surface area contributed by atoms with Crippen molar-refractivity contribution in [1.82, 2.24) is 9.80 Å². The Labute approximate surface area is 161 Å². The van der Waals surface area contributed by atoms with Gasteiger partial charge >= 0.3 is 6.09 Å². The Bertz CT molecular complexity index is 785. The van der Waals surface area contributed by atoms with Crippen LogP contribution >= 0.6 is 0 Å². The van der Waals surface area contributed by atoms with Gasteiger partial charge in [-0.15, -0.1) is 0 Å². The molecule has 2 saturated heterocycles. The van der Waals surface area contributed by atoms with Gasteiger partial charge in [0.1, 0.15) is 12.5 Å². The summed E-state index contributed by atoms with van der Waals surface area (Å²) in [6.45, 7) is 2.00. The normalized spacial score (nSPS) is 23.6. The summed E-state index contributed by atoms with van der Waals surface area (Å²) < 4.78 is 34.2. The maximum atomic E-state index is 14.5. The van der Waals surface area contributed by atoms with Gasteiger partial charge in [0.2, 0.25) is 11.8 Å². The van der Waals surface area contributed by atoms with Crippen molar-refractivity contribution in [2.45, 2.75) is 32.4 Å². The number of alkyl halides is 2. The molecule has 1 aromatic carbocycles. The van der Waals surface area contributed by atoms with Crippen molar-refractivity contribution in [1.29, 1.82) is 0 Å². The summed E-state index contributed by atoms with van der Waals surface area (Å²) in [5.41, 5.74) is 4.98. The van der Waals surface area contributed by atoms with Crippen LogP contribution in [0.25, 0.3) is 0 Å². The molecule has 2 fully saturated rings. The van der Waals surface area contributed by atoms with Crippen molar-refractivity contribution < 1.29 is 27.9 Å². The number of hydrogen-bond acceptors (Lipinski definition) is 4. The van der Waals surface area contributed by atoms with E-state index in [9.17, 15) is 23.2 Å². The van der Waals surface area contributed by atoms with Crippen LogP contribution in [0, 0.1) is 11.3 Å². The summed E-state index contributed by atoms with van der Waals surface area (Å²) in [4.78, 5) is 38.6. The highest BCUT2D eigenvalue weighted by Crippen LogP contribution is 2.44. The Morgan fingerprint density at radius 1 is 1.29 bits per heavy atom. The van der Waals surface area contributed by atoms with Crippen LogP contribution in [0.2, 0.25) is 0 Å². The first-order chi connectivity index (χ1) is 13.0. The monoisotopic (exact) mass is 395 g/mol. The first-order valence-corrected chi connectivity index (χ1v) is 8.97. The van der Waals surface area contributed by atoms with E-state index in [1.54, 1.807) is 38.1 Å². The summed E-state index contributed by atoms with van der Waals surface area (Å²) in [5, 5.41) is 0. The molecule has 0 bridgehead atoms. The van der Waals surface area contributed by atoms with Gasteiger partial charge in [-0.1, -0.05) is 30.3 Å². The number of rotatable bonds is 5. The number of carbonyl (C=O) groups excluding carboxylic acids is 3. The Kier molecular flexibility index (Phi) is 5.03. The molecular formula is C19H23F2N3O4. The minimum atomic E-state index is -3.36. The van der Waals surface area contributed by atoms with E-state index in [4.69, 9.17) is 10.5 Å². The molecule has 28 heavy (non-hydrogen) atoms. The summed E-state index contributed by atoms with van der Waals surface area (Å²) >= 11 is 0. The number of nitrogens with zero attached hydrogens (tertiary/aromatic N) is 2. The Hall–Kier alpha value is -2.71. The smallest absolute Gasteiger partial charge is 0.410 e. The van der Waals surface area contributed by atoms with E-state index in [0.717, 1.165) is 10.5 Å². The van der Waals surface area contributed by atoms with E-state index in [-0.39, 0.29) is 19.7 Å². The van der Waals surface area contributed by atoms with Crippen molar-refractivity contribution >= 4 is 17.9 Å². The maximum absolute atomic E-state index is 14.5. The summed E-state index contributed by atoms with van der Waals surface area (Å²) in [7, 11) is 0. The fourth-order valence-electron chi connectivity index (χ4n) is 3.67. The highest BCUT2D eigenvalue weighted by atomic mass is 19.3. The molecule has 9 heteroatoms. The largest absolute Gasteiger partial charge is 0.445 e. The van der Waals surface area contributed by atoms with Crippen LogP contribution in [-0.2, 0) is 20.9 Å². The summed E-state index contributed by atoms with van der Waals surface area (Å²) in [6, 6.07) is 7.86. The van der Waals surface area contributed by atoms with Gasteiger partial charge in [0.05, 0.1) is 18.0 Å². The van der Waals surface area contributed by atoms with E-state index in [1.807, 2.05) is 6.07 Å². The van der Waals surface area contributed by atoms with Crippen molar-refractivity contribution in [3.8, 4) is 0 Å². The van der Waals surface area contributed by atoms with E-state index >= 15 is 0 Å². The van der Waals surface area contributed by atoms with Crippen LogP contribution < -0.4 is 5.73 Å². The molecule has 0 unspecified atom stereocenters. The lowest BCUT2D eigenvalue weighted by atomic mass is 9.92. The predicted molar refractivity (Wildman–Crippen MR) is 95.1 cm³/mol. The number of ether oxygens (including phenoxy) is 1. The molecule has 7 nitrogen and oxygen atoms in total. The maximum Gasteiger partial charge on any atom is 0.410 e. The van der Waals surface area contributed by atoms with Crippen LogP contribution in [0.1, 0.15) is 19.4 Å². The van der Waals surface area contributed by atoms with Gasteiger partial charge in [-0.2, -0.15) is 0 Å². The van der Waals surface area contributed by atoms with Gasteiger partial charge in [-0.3, -0.25) is 14.5 Å². The lowest BCUT2D eigenvalue weighted by molar-refractivity contribution is -0.142. The molecule has 2 atom stereocenters. The quantitative estimate of drug-likeness (QED) is 0.820. The number of nitrogens with two attached hydrogens (primary N) is 1. The van der Waals surface area contributed by atoms with Crippen LogP contribution in [0.15, 0.2) is 30.3 Å². The van der Waals surface area contributed by atoms with Crippen molar-refractivity contribution in [2.75, 3.05) is 19.6 Å². The van der Waals surface area contributed by atoms with Crippen LogP contribution in [0.5, 0.6) is 0 Å². The zero-order valence-electron chi connectivity index (χ0n) is 15.7. The number of halogens is 2. The predicted octanol–water partition coefficient (Wildman–Crippen LogP) is 1.61. The Balaban J connectivity index is 1.72. The van der Waals surface area contributed by atoms with Crippen molar-refractivity contribution in [2.24, 2.45) is 17.1 Å². The highest BCUT2D eigenvalue weighted by Gasteiger charge is 2.64. The number of primary amides is 1.